The Morgan fingerprint density at radius 2 is 1.87 bits per heavy atom. The minimum absolute atomic E-state index is 0.0634. The molecule has 2 fully saturated rings. The van der Waals surface area contributed by atoms with Crippen molar-refractivity contribution in [2.75, 3.05) is 24.7 Å². The molecule has 4 nitrogen and oxygen atoms in total. The Morgan fingerprint density at radius 1 is 1.19 bits per heavy atom. The van der Waals surface area contributed by atoms with E-state index >= 15 is 4.39 Å². The average Bonchev–Trinajstić information content (AvgIpc) is 2.66. The van der Waals surface area contributed by atoms with E-state index in [1.54, 1.807) is 6.07 Å². The molecular weight excluding hydrogens is 431 g/mol. The van der Waals surface area contributed by atoms with Gasteiger partial charge in [0.1, 0.15) is 17.4 Å². The van der Waals surface area contributed by atoms with Crippen LogP contribution in [0.25, 0.3) is 0 Å². The van der Waals surface area contributed by atoms with Crippen molar-refractivity contribution >= 4 is 25.6 Å². The molecule has 1 heterocycles. The Morgan fingerprint density at radius 3 is 2.55 bits per heavy atom. The molecule has 0 radical (unpaired) electrons. The monoisotopic (exact) mass is 470 g/mol. The van der Waals surface area contributed by atoms with Crippen LogP contribution in [-0.2, 0) is 4.43 Å². The van der Waals surface area contributed by atoms with E-state index in [0.717, 1.165) is 19.4 Å². The number of ether oxygens (including phenoxy) is 1. The van der Waals surface area contributed by atoms with Gasteiger partial charge in [-0.2, -0.15) is 0 Å². The van der Waals surface area contributed by atoms with Crippen LogP contribution in [0.3, 0.4) is 0 Å². The summed E-state index contributed by atoms with van der Waals surface area (Å²) in [5.74, 6) is 0.00263. The largest absolute Gasteiger partial charge is 0.490 e. The Labute approximate surface area is 193 Å². The molecule has 1 aromatic carbocycles. The highest BCUT2D eigenvalue weighted by Crippen LogP contribution is 2.40. The van der Waals surface area contributed by atoms with Crippen molar-refractivity contribution in [3.8, 4) is 5.75 Å². The Hall–Kier alpha value is -0.823. The van der Waals surface area contributed by atoms with Gasteiger partial charge in [-0.25, -0.2) is 4.39 Å². The molecule has 1 saturated carbocycles. The van der Waals surface area contributed by atoms with Crippen LogP contribution >= 0.6 is 11.6 Å². The summed E-state index contributed by atoms with van der Waals surface area (Å²) in [6.07, 6.45) is 4.62. The topological polar surface area (TPSA) is 33.7 Å². The molecule has 7 heteroatoms. The SMILES string of the molecule is CC1(C)CN(c2ccc(OCCO[Si](C)(C)C(C)(C)C)c(Cl)c2F)[C@H]2CCCC[C@H]2N1. The lowest BCUT2D eigenvalue weighted by molar-refractivity contribution is 0.197. The highest BCUT2D eigenvalue weighted by Gasteiger charge is 2.41. The van der Waals surface area contributed by atoms with E-state index < -0.39 is 8.32 Å². The van der Waals surface area contributed by atoms with Crippen molar-refractivity contribution in [3.63, 3.8) is 0 Å². The molecule has 31 heavy (non-hydrogen) atoms. The van der Waals surface area contributed by atoms with Crippen molar-refractivity contribution in [1.82, 2.24) is 5.32 Å². The summed E-state index contributed by atoms with van der Waals surface area (Å²) in [6.45, 7) is 17.0. The van der Waals surface area contributed by atoms with Gasteiger partial charge < -0.3 is 19.4 Å². The highest BCUT2D eigenvalue weighted by atomic mass is 35.5. The second-order valence-electron chi connectivity index (χ2n) is 11.3. The molecule has 0 bridgehead atoms. The molecule has 0 unspecified atom stereocenters. The molecule has 0 aromatic heterocycles. The van der Waals surface area contributed by atoms with Crippen LogP contribution in [0, 0.1) is 5.82 Å². The molecule has 0 spiro atoms. The van der Waals surface area contributed by atoms with E-state index in [1.807, 2.05) is 6.07 Å². The van der Waals surface area contributed by atoms with Crippen LogP contribution in [0.4, 0.5) is 10.1 Å². The van der Waals surface area contributed by atoms with Gasteiger partial charge in [0.25, 0.3) is 0 Å². The van der Waals surface area contributed by atoms with Crippen LogP contribution in [0.2, 0.25) is 23.2 Å². The standard InChI is InChI=1S/C24H40ClFN2O2Si/c1-23(2,3)31(6,7)30-15-14-29-20-13-12-19(22(26)21(20)25)28-16-24(4,5)27-17-10-8-9-11-18(17)28/h12-13,17-18,27H,8-11,14-16H2,1-7H3/t17-,18+/m1/s1. The zero-order chi connectivity index (χ0) is 23.0. The van der Waals surface area contributed by atoms with Crippen molar-refractivity contribution in [1.29, 1.82) is 0 Å². The maximum absolute atomic E-state index is 15.4. The maximum atomic E-state index is 15.4. The Kier molecular flexibility index (Phi) is 7.36. The molecule has 2 aliphatic rings. The van der Waals surface area contributed by atoms with Gasteiger partial charge in [-0.1, -0.05) is 45.2 Å². The number of anilines is 1. The maximum Gasteiger partial charge on any atom is 0.192 e. The fourth-order valence-electron chi connectivity index (χ4n) is 4.53. The van der Waals surface area contributed by atoms with Gasteiger partial charge in [0.2, 0.25) is 0 Å². The van der Waals surface area contributed by atoms with Crippen molar-refractivity contribution < 1.29 is 13.6 Å². The number of nitrogens with zero attached hydrogens (tertiary/aromatic N) is 1. The Balaban J connectivity index is 1.70. The summed E-state index contributed by atoms with van der Waals surface area (Å²) in [6, 6.07) is 4.33. The molecule has 1 N–H and O–H groups in total. The van der Waals surface area contributed by atoms with Gasteiger partial charge in [0.15, 0.2) is 14.1 Å². The lowest BCUT2D eigenvalue weighted by Gasteiger charge is -2.52. The quantitative estimate of drug-likeness (QED) is 0.386. The van der Waals surface area contributed by atoms with Crippen LogP contribution in [0.5, 0.6) is 5.75 Å². The van der Waals surface area contributed by atoms with Gasteiger partial charge in [0, 0.05) is 24.2 Å². The van der Waals surface area contributed by atoms with E-state index in [0.29, 0.717) is 36.7 Å². The number of benzene rings is 1. The number of piperazine rings is 1. The molecule has 0 amide bonds. The smallest absolute Gasteiger partial charge is 0.192 e. The fourth-order valence-corrected chi connectivity index (χ4v) is 5.77. The summed E-state index contributed by atoms with van der Waals surface area (Å²) in [5, 5.41) is 3.97. The zero-order valence-corrected chi connectivity index (χ0v) is 22.0. The average molecular weight is 471 g/mol. The van der Waals surface area contributed by atoms with E-state index in [-0.39, 0.29) is 21.4 Å². The second-order valence-corrected chi connectivity index (χ2v) is 16.5. The summed E-state index contributed by atoms with van der Waals surface area (Å²) >= 11 is 6.43. The number of rotatable bonds is 6. The summed E-state index contributed by atoms with van der Waals surface area (Å²) in [5.41, 5.74) is 0.509. The van der Waals surface area contributed by atoms with Gasteiger partial charge in [-0.05, 0) is 57.0 Å². The first-order valence-corrected chi connectivity index (χ1v) is 14.9. The lowest BCUT2D eigenvalue weighted by Crippen LogP contribution is -2.67. The first kappa shape index (κ1) is 24.8. The van der Waals surface area contributed by atoms with Crippen molar-refractivity contribution in [2.24, 2.45) is 0 Å². The van der Waals surface area contributed by atoms with E-state index in [4.69, 9.17) is 20.8 Å². The molecular formula is C24H40ClFN2O2Si. The van der Waals surface area contributed by atoms with E-state index in [2.05, 4.69) is 57.9 Å². The molecule has 1 aliphatic heterocycles. The van der Waals surface area contributed by atoms with E-state index in [9.17, 15) is 0 Å². The lowest BCUT2D eigenvalue weighted by atomic mass is 9.83. The van der Waals surface area contributed by atoms with Gasteiger partial charge >= 0.3 is 0 Å². The van der Waals surface area contributed by atoms with Crippen LogP contribution < -0.4 is 15.0 Å². The highest BCUT2D eigenvalue weighted by molar-refractivity contribution is 6.74. The molecule has 176 valence electrons. The summed E-state index contributed by atoms with van der Waals surface area (Å²) in [7, 11) is -1.83. The van der Waals surface area contributed by atoms with Crippen LogP contribution in [0.1, 0.15) is 60.3 Å². The third-order valence-electron chi connectivity index (χ3n) is 7.22. The molecule has 2 atom stereocenters. The number of nitrogens with one attached hydrogen (secondary N) is 1. The number of fused-ring (bicyclic) bond motifs is 1. The summed E-state index contributed by atoms with van der Waals surface area (Å²) in [4.78, 5) is 2.23. The number of hydrogen-bond donors (Lipinski definition) is 1. The predicted molar refractivity (Wildman–Crippen MR) is 131 cm³/mol. The number of halogens is 2. The van der Waals surface area contributed by atoms with Crippen molar-refractivity contribution in [3.05, 3.63) is 23.0 Å². The van der Waals surface area contributed by atoms with Crippen LogP contribution in [0.15, 0.2) is 12.1 Å². The number of hydrogen-bond acceptors (Lipinski definition) is 4. The molecule has 3 rings (SSSR count). The predicted octanol–water partition coefficient (Wildman–Crippen LogP) is 6.38. The van der Waals surface area contributed by atoms with Crippen LogP contribution in [-0.4, -0.2) is 45.7 Å². The third kappa shape index (κ3) is 5.57. The molecule has 1 saturated heterocycles. The van der Waals surface area contributed by atoms with Gasteiger partial charge in [-0.3, -0.25) is 0 Å². The van der Waals surface area contributed by atoms with Crippen molar-refractivity contribution in [2.45, 2.75) is 96.1 Å². The summed E-state index contributed by atoms with van der Waals surface area (Å²) < 4.78 is 27.4. The first-order valence-electron chi connectivity index (χ1n) is 11.6. The van der Waals surface area contributed by atoms with Gasteiger partial charge in [-0.15, -0.1) is 0 Å². The Bertz CT molecular complexity index is 782. The third-order valence-corrected chi connectivity index (χ3v) is 12.1. The molecule has 1 aliphatic carbocycles. The van der Waals surface area contributed by atoms with E-state index in [1.165, 1.54) is 12.8 Å². The second kappa shape index (κ2) is 9.20. The molecule has 1 aromatic rings. The minimum Gasteiger partial charge on any atom is -0.490 e. The fraction of sp³-hybridized carbons (Fsp3) is 0.750. The first-order chi connectivity index (χ1) is 14.3. The van der Waals surface area contributed by atoms with Gasteiger partial charge in [0.05, 0.1) is 12.3 Å². The minimum atomic E-state index is -1.83. The zero-order valence-electron chi connectivity index (χ0n) is 20.3. The normalized spacial score (nSPS) is 24.1.